The van der Waals surface area contributed by atoms with E-state index in [1.807, 2.05) is 24.3 Å². The van der Waals surface area contributed by atoms with E-state index in [-0.39, 0.29) is 6.04 Å². The number of halogens is 1. The summed E-state index contributed by atoms with van der Waals surface area (Å²) in [4.78, 5) is 0. The highest BCUT2D eigenvalue weighted by molar-refractivity contribution is 6.30. The first kappa shape index (κ1) is 13.0. The van der Waals surface area contributed by atoms with E-state index in [0.717, 1.165) is 47.6 Å². The van der Waals surface area contributed by atoms with Crippen molar-refractivity contribution < 1.29 is 9.47 Å². The number of hydrogen-bond donors (Lipinski definition) is 1. The first-order valence-corrected chi connectivity index (χ1v) is 7.56. The van der Waals surface area contributed by atoms with Crippen molar-refractivity contribution in [2.24, 2.45) is 5.73 Å². The van der Waals surface area contributed by atoms with Gasteiger partial charge in [-0.3, -0.25) is 0 Å². The molecule has 2 N–H and O–H groups in total. The summed E-state index contributed by atoms with van der Waals surface area (Å²) in [6.45, 7) is 1.46. The average molecular weight is 302 g/mol. The third-order valence-corrected chi connectivity index (χ3v) is 4.40. The van der Waals surface area contributed by atoms with Gasteiger partial charge in [0.2, 0.25) is 0 Å². The molecule has 2 aromatic carbocycles. The van der Waals surface area contributed by atoms with Gasteiger partial charge in [0.05, 0.1) is 19.3 Å². The quantitative estimate of drug-likeness (QED) is 0.926. The molecule has 0 fully saturated rings. The Balaban J connectivity index is 1.77. The number of ether oxygens (including phenoxy) is 2. The van der Waals surface area contributed by atoms with Gasteiger partial charge in [-0.15, -0.1) is 0 Å². The van der Waals surface area contributed by atoms with Crippen LogP contribution in [0.1, 0.15) is 28.3 Å². The predicted molar refractivity (Wildman–Crippen MR) is 82.3 cm³/mol. The largest absolute Gasteiger partial charge is 0.493 e. The molecule has 2 aliphatic rings. The number of hydrogen-bond acceptors (Lipinski definition) is 3. The van der Waals surface area contributed by atoms with Gasteiger partial charge in [0, 0.05) is 23.4 Å². The second-order valence-corrected chi connectivity index (χ2v) is 5.96. The molecule has 4 heteroatoms. The molecule has 108 valence electrons. The first-order valence-electron chi connectivity index (χ1n) is 7.19. The molecule has 0 bridgehead atoms. The Morgan fingerprint density at radius 1 is 1.00 bits per heavy atom. The predicted octanol–water partition coefficient (Wildman–Crippen LogP) is 3.26. The van der Waals surface area contributed by atoms with Crippen LogP contribution in [-0.2, 0) is 12.8 Å². The van der Waals surface area contributed by atoms with Gasteiger partial charge >= 0.3 is 0 Å². The standard InChI is InChI=1S/C17H16ClNO2/c18-13-8-12-4-6-21-17(12)14(9-13)16(19)11-1-2-15-10(7-11)3-5-20-15/h1-2,7-9,16H,3-6,19H2. The fourth-order valence-electron chi connectivity index (χ4n) is 3.11. The number of fused-ring (bicyclic) bond motifs is 2. The maximum atomic E-state index is 6.47. The Morgan fingerprint density at radius 3 is 2.71 bits per heavy atom. The van der Waals surface area contributed by atoms with Crippen LogP contribution in [0, 0.1) is 0 Å². The second-order valence-electron chi connectivity index (χ2n) is 5.53. The zero-order valence-corrected chi connectivity index (χ0v) is 12.3. The highest BCUT2D eigenvalue weighted by Gasteiger charge is 2.23. The second kappa shape index (κ2) is 4.93. The normalized spacial score (nSPS) is 16.9. The van der Waals surface area contributed by atoms with Crippen molar-refractivity contribution in [2.45, 2.75) is 18.9 Å². The molecule has 0 spiro atoms. The summed E-state index contributed by atoms with van der Waals surface area (Å²) in [6.07, 6.45) is 1.84. The van der Waals surface area contributed by atoms with Gasteiger partial charge in [-0.1, -0.05) is 23.7 Å². The van der Waals surface area contributed by atoms with Gasteiger partial charge in [-0.25, -0.2) is 0 Å². The van der Waals surface area contributed by atoms with Crippen molar-refractivity contribution in [2.75, 3.05) is 13.2 Å². The third-order valence-electron chi connectivity index (χ3n) is 4.18. The van der Waals surface area contributed by atoms with Crippen LogP contribution < -0.4 is 15.2 Å². The molecule has 1 atom stereocenters. The number of nitrogens with two attached hydrogens (primary N) is 1. The summed E-state index contributed by atoms with van der Waals surface area (Å²) < 4.78 is 11.3. The van der Waals surface area contributed by atoms with Gasteiger partial charge in [-0.05, 0) is 34.9 Å². The Morgan fingerprint density at radius 2 is 1.81 bits per heavy atom. The lowest BCUT2D eigenvalue weighted by Gasteiger charge is -2.17. The maximum absolute atomic E-state index is 6.47. The fourth-order valence-corrected chi connectivity index (χ4v) is 3.36. The summed E-state index contributed by atoms with van der Waals surface area (Å²) in [5.74, 6) is 1.88. The molecule has 0 aliphatic carbocycles. The molecule has 0 saturated heterocycles. The summed E-state index contributed by atoms with van der Waals surface area (Å²) in [6, 6.07) is 9.81. The summed E-state index contributed by atoms with van der Waals surface area (Å²) in [5, 5.41) is 0.717. The molecule has 21 heavy (non-hydrogen) atoms. The van der Waals surface area contributed by atoms with E-state index in [1.165, 1.54) is 5.56 Å². The van der Waals surface area contributed by atoms with E-state index in [1.54, 1.807) is 0 Å². The lowest BCUT2D eigenvalue weighted by Crippen LogP contribution is -2.13. The van der Waals surface area contributed by atoms with Gasteiger partial charge in [-0.2, -0.15) is 0 Å². The zero-order chi connectivity index (χ0) is 14.4. The minimum absolute atomic E-state index is 0.235. The van der Waals surface area contributed by atoms with Gasteiger partial charge in [0.1, 0.15) is 11.5 Å². The van der Waals surface area contributed by atoms with E-state index in [4.69, 9.17) is 26.8 Å². The molecule has 1 unspecified atom stereocenters. The smallest absolute Gasteiger partial charge is 0.127 e. The van der Waals surface area contributed by atoms with Crippen LogP contribution in [-0.4, -0.2) is 13.2 Å². The lowest BCUT2D eigenvalue weighted by atomic mass is 9.95. The molecule has 0 amide bonds. The summed E-state index contributed by atoms with van der Waals surface area (Å²) in [5.41, 5.74) is 10.9. The Kier molecular flexibility index (Phi) is 3.05. The molecule has 2 heterocycles. The molecular formula is C17H16ClNO2. The van der Waals surface area contributed by atoms with E-state index >= 15 is 0 Å². The fraction of sp³-hybridized carbons (Fsp3) is 0.294. The van der Waals surface area contributed by atoms with E-state index in [9.17, 15) is 0 Å². The van der Waals surface area contributed by atoms with Crippen LogP contribution in [0.4, 0.5) is 0 Å². The molecule has 0 aromatic heterocycles. The van der Waals surface area contributed by atoms with E-state index in [2.05, 4.69) is 6.07 Å². The minimum atomic E-state index is -0.235. The molecule has 0 radical (unpaired) electrons. The highest BCUT2D eigenvalue weighted by Crippen LogP contribution is 2.38. The maximum Gasteiger partial charge on any atom is 0.127 e. The van der Waals surface area contributed by atoms with E-state index in [0.29, 0.717) is 11.6 Å². The molecule has 4 rings (SSSR count). The minimum Gasteiger partial charge on any atom is -0.493 e. The molecule has 2 aromatic rings. The lowest BCUT2D eigenvalue weighted by molar-refractivity contribution is 0.352. The van der Waals surface area contributed by atoms with E-state index < -0.39 is 0 Å². The van der Waals surface area contributed by atoms with Crippen LogP contribution in [0.3, 0.4) is 0 Å². The van der Waals surface area contributed by atoms with Crippen LogP contribution >= 0.6 is 11.6 Å². The Hall–Kier alpha value is -1.71. The Bertz CT molecular complexity index is 714. The molecular weight excluding hydrogens is 286 g/mol. The van der Waals surface area contributed by atoms with Crippen molar-refractivity contribution in [3.8, 4) is 11.5 Å². The molecule has 2 aliphatic heterocycles. The zero-order valence-electron chi connectivity index (χ0n) is 11.6. The van der Waals surface area contributed by atoms with Crippen LogP contribution in [0.2, 0.25) is 5.02 Å². The van der Waals surface area contributed by atoms with Crippen molar-refractivity contribution in [1.29, 1.82) is 0 Å². The van der Waals surface area contributed by atoms with Gasteiger partial charge < -0.3 is 15.2 Å². The van der Waals surface area contributed by atoms with Crippen molar-refractivity contribution in [3.63, 3.8) is 0 Å². The summed E-state index contributed by atoms with van der Waals surface area (Å²) >= 11 is 6.22. The van der Waals surface area contributed by atoms with Crippen molar-refractivity contribution >= 4 is 11.6 Å². The SMILES string of the molecule is NC(c1ccc2c(c1)CCO2)c1cc(Cl)cc2c1OCC2. The van der Waals surface area contributed by atoms with Crippen LogP contribution in [0.25, 0.3) is 0 Å². The highest BCUT2D eigenvalue weighted by atomic mass is 35.5. The number of rotatable bonds is 2. The van der Waals surface area contributed by atoms with Crippen molar-refractivity contribution in [1.82, 2.24) is 0 Å². The third kappa shape index (κ3) is 2.17. The van der Waals surface area contributed by atoms with Crippen molar-refractivity contribution in [3.05, 3.63) is 57.6 Å². The van der Waals surface area contributed by atoms with Gasteiger partial charge in [0.15, 0.2) is 0 Å². The van der Waals surface area contributed by atoms with Crippen LogP contribution in [0.15, 0.2) is 30.3 Å². The average Bonchev–Trinajstić information content (AvgIpc) is 3.12. The van der Waals surface area contributed by atoms with Crippen LogP contribution in [0.5, 0.6) is 11.5 Å². The number of benzene rings is 2. The Labute approximate surface area is 128 Å². The monoisotopic (exact) mass is 301 g/mol. The molecule has 3 nitrogen and oxygen atoms in total. The first-order chi connectivity index (χ1) is 10.2. The summed E-state index contributed by atoms with van der Waals surface area (Å²) in [7, 11) is 0. The molecule has 0 saturated carbocycles. The van der Waals surface area contributed by atoms with Gasteiger partial charge in [0.25, 0.3) is 0 Å². The topological polar surface area (TPSA) is 44.5 Å².